The fourth-order valence-corrected chi connectivity index (χ4v) is 3.87. The summed E-state index contributed by atoms with van der Waals surface area (Å²) < 4.78 is 17.5. The predicted octanol–water partition coefficient (Wildman–Crippen LogP) is 2.74. The molecule has 0 bridgehead atoms. The minimum Gasteiger partial charge on any atom is -0.325 e. The second-order valence-electron chi connectivity index (χ2n) is 5.63. The lowest BCUT2D eigenvalue weighted by molar-refractivity contribution is -0.116. The van der Waals surface area contributed by atoms with Crippen molar-refractivity contribution in [3.05, 3.63) is 51.2 Å². The minimum atomic E-state index is -0.505. The van der Waals surface area contributed by atoms with E-state index in [-0.39, 0.29) is 18.0 Å². The van der Waals surface area contributed by atoms with Gasteiger partial charge in [0.15, 0.2) is 0 Å². The number of carbonyl (C=O) groups excluding carboxylic acids is 1. The van der Waals surface area contributed by atoms with Gasteiger partial charge in [0, 0.05) is 29.5 Å². The van der Waals surface area contributed by atoms with E-state index in [1.165, 1.54) is 22.6 Å². The topological polar surface area (TPSA) is 83.0 Å². The Morgan fingerprint density at radius 3 is 2.96 bits per heavy atom. The smallest absolute Gasteiger partial charge is 0.252 e. The lowest BCUT2D eigenvalue weighted by Gasteiger charge is -2.15. The van der Waals surface area contributed by atoms with Crippen LogP contribution in [-0.2, 0) is 11.8 Å². The number of anilines is 1. The van der Waals surface area contributed by atoms with Crippen LogP contribution in [0.3, 0.4) is 0 Å². The molecule has 0 aliphatic rings. The molecule has 2 aromatic heterocycles. The van der Waals surface area contributed by atoms with Gasteiger partial charge in [0.2, 0.25) is 11.9 Å². The second kappa shape index (κ2) is 7.60. The van der Waals surface area contributed by atoms with Gasteiger partial charge in [-0.1, -0.05) is 15.9 Å². The number of likely N-dealkylation sites (N-methyl/N-ethyl adjacent to an activating group) is 1. The molecule has 26 heavy (non-hydrogen) atoms. The number of nitrogens with one attached hydrogen (secondary N) is 2. The zero-order valence-corrected chi connectivity index (χ0v) is 16.3. The Balaban J connectivity index is 1.69. The van der Waals surface area contributed by atoms with Crippen LogP contribution in [0, 0.1) is 5.95 Å². The van der Waals surface area contributed by atoms with E-state index < -0.39 is 5.95 Å². The van der Waals surface area contributed by atoms with Crippen molar-refractivity contribution in [2.75, 3.05) is 18.9 Å². The second-order valence-corrected chi connectivity index (χ2v) is 7.79. The molecule has 0 aliphatic carbocycles. The molecule has 0 saturated heterocycles. The standard InChI is InChI=1S/C16H15BrFN5O2S/c1-22-4-3-10(7-14(22)25)19-13(24)8-23(2)26-12-6-9(17)5-11-15(12)20-21-16(11)18/h3-7H,8H2,1-2H3,(H,19,24)(H,20,21). The minimum absolute atomic E-state index is 0.0702. The van der Waals surface area contributed by atoms with Gasteiger partial charge in [0.25, 0.3) is 5.56 Å². The average Bonchev–Trinajstić information content (AvgIpc) is 2.92. The molecule has 1 amide bonds. The summed E-state index contributed by atoms with van der Waals surface area (Å²) in [5.41, 5.74) is 0.729. The number of amides is 1. The first-order chi connectivity index (χ1) is 12.3. The van der Waals surface area contributed by atoms with Crippen molar-refractivity contribution in [2.45, 2.75) is 4.90 Å². The van der Waals surface area contributed by atoms with E-state index >= 15 is 0 Å². The lowest BCUT2D eigenvalue weighted by Crippen LogP contribution is -2.26. The molecule has 10 heteroatoms. The third kappa shape index (κ3) is 4.14. The zero-order chi connectivity index (χ0) is 18.8. The first-order valence-electron chi connectivity index (χ1n) is 7.52. The number of hydrogen-bond acceptors (Lipinski definition) is 5. The molecule has 7 nitrogen and oxygen atoms in total. The van der Waals surface area contributed by atoms with E-state index in [4.69, 9.17) is 0 Å². The van der Waals surface area contributed by atoms with E-state index in [2.05, 4.69) is 31.4 Å². The molecule has 136 valence electrons. The van der Waals surface area contributed by atoms with Gasteiger partial charge in [-0.2, -0.15) is 9.49 Å². The van der Waals surface area contributed by atoms with Gasteiger partial charge in [-0.15, -0.1) is 0 Å². The number of pyridine rings is 1. The summed E-state index contributed by atoms with van der Waals surface area (Å²) in [6, 6.07) is 6.45. The van der Waals surface area contributed by atoms with Crippen LogP contribution in [0.1, 0.15) is 0 Å². The maximum absolute atomic E-state index is 13.7. The number of H-pyrrole nitrogens is 1. The molecule has 2 heterocycles. The van der Waals surface area contributed by atoms with Gasteiger partial charge >= 0.3 is 0 Å². The van der Waals surface area contributed by atoms with Gasteiger partial charge in [-0.05, 0) is 37.2 Å². The molecule has 2 N–H and O–H groups in total. The highest BCUT2D eigenvalue weighted by Crippen LogP contribution is 2.32. The Bertz CT molecular complexity index is 1040. The molecule has 0 radical (unpaired) electrons. The summed E-state index contributed by atoms with van der Waals surface area (Å²) in [6.07, 6.45) is 1.58. The van der Waals surface area contributed by atoms with Crippen LogP contribution in [0.5, 0.6) is 0 Å². The van der Waals surface area contributed by atoms with Gasteiger partial charge in [0.05, 0.1) is 16.8 Å². The quantitative estimate of drug-likeness (QED) is 0.597. The van der Waals surface area contributed by atoms with Crippen LogP contribution in [0.15, 0.2) is 44.6 Å². The molecule has 0 atom stereocenters. The summed E-state index contributed by atoms with van der Waals surface area (Å²) in [4.78, 5) is 24.5. The highest BCUT2D eigenvalue weighted by molar-refractivity contribution is 9.10. The Labute approximate surface area is 160 Å². The fraction of sp³-hybridized carbons (Fsp3) is 0.188. The number of aromatic nitrogens is 3. The van der Waals surface area contributed by atoms with E-state index in [1.807, 2.05) is 6.07 Å². The Kier molecular flexibility index (Phi) is 5.44. The first-order valence-corrected chi connectivity index (χ1v) is 9.09. The maximum Gasteiger partial charge on any atom is 0.252 e. The molecule has 1 aromatic carbocycles. The third-order valence-electron chi connectivity index (χ3n) is 3.55. The van der Waals surface area contributed by atoms with Crippen LogP contribution >= 0.6 is 27.9 Å². The maximum atomic E-state index is 13.7. The number of aromatic amines is 1. The molecule has 0 fully saturated rings. The molecular weight excluding hydrogens is 425 g/mol. The van der Waals surface area contributed by atoms with Crippen molar-refractivity contribution in [1.82, 2.24) is 19.1 Å². The SMILES string of the molecule is CN(CC(=O)Nc1ccn(C)c(=O)c1)Sc1cc(Br)cc2c(F)[nH]nc12. The summed E-state index contributed by atoms with van der Waals surface area (Å²) in [5, 5.41) is 9.35. The summed E-state index contributed by atoms with van der Waals surface area (Å²) in [7, 11) is 3.37. The fourth-order valence-electron chi connectivity index (χ4n) is 2.32. The monoisotopic (exact) mass is 439 g/mol. The molecule has 3 aromatic rings. The summed E-state index contributed by atoms with van der Waals surface area (Å²) in [6.45, 7) is 0.0702. The number of benzene rings is 1. The largest absolute Gasteiger partial charge is 0.325 e. The number of aryl methyl sites for hydroxylation is 1. The lowest BCUT2D eigenvalue weighted by atomic mass is 10.2. The van der Waals surface area contributed by atoms with E-state index in [0.29, 0.717) is 26.0 Å². The number of fused-ring (bicyclic) bond motifs is 1. The van der Waals surface area contributed by atoms with Gasteiger partial charge in [-0.25, -0.2) is 4.31 Å². The van der Waals surface area contributed by atoms with Crippen LogP contribution < -0.4 is 10.9 Å². The zero-order valence-electron chi connectivity index (χ0n) is 13.9. The third-order valence-corrected chi connectivity index (χ3v) is 4.96. The van der Waals surface area contributed by atoms with Crippen LogP contribution in [0.2, 0.25) is 0 Å². The Morgan fingerprint density at radius 2 is 2.23 bits per heavy atom. The van der Waals surface area contributed by atoms with Crippen molar-refractivity contribution in [2.24, 2.45) is 7.05 Å². The van der Waals surface area contributed by atoms with Crippen molar-refractivity contribution in [3.63, 3.8) is 0 Å². The number of nitrogens with zero attached hydrogens (tertiary/aromatic N) is 3. The first kappa shape index (κ1) is 18.6. The highest BCUT2D eigenvalue weighted by Gasteiger charge is 2.15. The average molecular weight is 440 g/mol. The molecule has 0 aliphatic heterocycles. The Morgan fingerprint density at radius 1 is 1.46 bits per heavy atom. The molecule has 0 saturated carbocycles. The van der Waals surface area contributed by atoms with E-state index in [1.54, 1.807) is 36.7 Å². The van der Waals surface area contributed by atoms with Gasteiger partial charge in [-0.3, -0.25) is 14.7 Å². The van der Waals surface area contributed by atoms with Crippen molar-refractivity contribution < 1.29 is 9.18 Å². The number of hydrogen-bond donors (Lipinski definition) is 2. The van der Waals surface area contributed by atoms with Crippen molar-refractivity contribution in [1.29, 1.82) is 0 Å². The van der Waals surface area contributed by atoms with Crippen LogP contribution in [-0.4, -0.2) is 38.6 Å². The number of rotatable bonds is 5. The van der Waals surface area contributed by atoms with E-state index in [9.17, 15) is 14.0 Å². The Hall–Kier alpha value is -2.17. The molecule has 3 rings (SSSR count). The summed E-state index contributed by atoms with van der Waals surface area (Å²) >= 11 is 4.62. The van der Waals surface area contributed by atoms with Crippen molar-refractivity contribution >= 4 is 50.4 Å². The molecule has 0 unspecified atom stereocenters. The molecular formula is C16H15BrFN5O2S. The normalized spacial score (nSPS) is 11.3. The molecule has 0 spiro atoms. The van der Waals surface area contributed by atoms with Gasteiger partial charge < -0.3 is 9.88 Å². The predicted molar refractivity (Wildman–Crippen MR) is 103 cm³/mol. The van der Waals surface area contributed by atoms with Gasteiger partial charge in [0.1, 0.15) is 5.52 Å². The van der Waals surface area contributed by atoms with E-state index in [0.717, 1.165) is 0 Å². The summed E-state index contributed by atoms with van der Waals surface area (Å²) in [5.74, 6) is -0.776. The number of halogens is 2. The number of carbonyl (C=O) groups is 1. The van der Waals surface area contributed by atoms with Crippen LogP contribution in [0.4, 0.5) is 10.1 Å². The van der Waals surface area contributed by atoms with Crippen LogP contribution in [0.25, 0.3) is 10.9 Å². The highest BCUT2D eigenvalue weighted by atomic mass is 79.9. The van der Waals surface area contributed by atoms with Crippen molar-refractivity contribution in [3.8, 4) is 0 Å².